The SMILES string of the molecule is Cc1cccc(N)c1Nc1cccc(I)c1. The van der Waals surface area contributed by atoms with Crippen LogP contribution in [0.2, 0.25) is 0 Å². The standard InChI is InChI=1S/C13H13IN2/c1-9-4-2-7-12(15)13(9)16-11-6-3-5-10(14)8-11/h2-8,16H,15H2,1H3. The third kappa shape index (κ3) is 2.47. The number of nitrogens with two attached hydrogens (primary N) is 1. The highest BCUT2D eigenvalue weighted by molar-refractivity contribution is 14.1. The van der Waals surface area contributed by atoms with Crippen molar-refractivity contribution in [2.24, 2.45) is 0 Å². The number of para-hydroxylation sites is 1. The molecule has 16 heavy (non-hydrogen) atoms. The number of benzene rings is 2. The average Bonchev–Trinajstić information content (AvgIpc) is 2.24. The maximum Gasteiger partial charge on any atom is 0.0647 e. The highest BCUT2D eigenvalue weighted by Crippen LogP contribution is 2.27. The molecular formula is C13H13IN2. The van der Waals surface area contributed by atoms with E-state index in [2.05, 4.69) is 40.0 Å². The second kappa shape index (κ2) is 4.74. The topological polar surface area (TPSA) is 38.0 Å². The van der Waals surface area contributed by atoms with E-state index < -0.39 is 0 Å². The third-order valence-corrected chi connectivity index (χ3v) is 3.07. The average molecular weight is 324 g/mol. The van der Waals surface area contributed by atoms with Crippen molar-refractivity contribution in [3.05, 3.63) is 51.6 Å². The van der Waals surface area contributed by atoms with Crippen molar-refractivity contribution in [1.29, 1.82) is 0 Å². The molecule has 0 spiro atoms. The highest BCUT2D eigenvalue weighted by Gasteiger charge is 2.02. The van der Waals surface area contributed by atoms with E-state index in [-0.39, 0.29) is 0 Å². The van der Waals surface area contributed by atoms with Crippen LogP contribution in [0.1, 0.15) is 5.56 Å². The molecule has 0 unspecified atom stereocenters. The predicted molar refractivity (Wildman–Crippen MR) is 78.0 cm³/mol. The van der Waals surface area contributed by atoms with Crippen LogP contribution < -0.4 is 11.1 Å². The van der Waals surface area contributed by atoms with Crippen molar-refractivity contribution in [1.82, 2.24) is 0 Å². The fraction of sp³-hybridized carbons (Fsp3) is 0.0769. The summed E-state index contributed by atoms with van der Waals surface area (Å²) < 4.78 is 1.20. The van der Waals surface area contributed by atoms with Gasteiger partial charge in [-0.05, 0) is 59.3 Å². The third-order valence-electron chi connectivity index (χ3n) is 2.40. The van der Waals surface area contributed by atoms with Crippen LogP contribution in [-0.2, 0) is 0 Å². The van der Waals surface area contributed by atoms with Crippen molar-refractivity contribution in [2.75, 3.05) is 11.1 Å². The molecule has 0 saturated carbocycles. The first-order valence-corrected chi connectivity index (χ1v) is 6.12. The number of nitrogens with one attached hydrogen (secondary N) is 1. The lowest BCUT2D eigenvalue weighted by Crippen LogP contribution is -1.98. The molecule has 3 heteroatoms. The van der Waals surface area contributed by atoms with Gasteiger partial charge in [-0.1, -0.05) is 18.2 Å². The zero-order chi connectivity index (χ0) is 11.5. The van der Waals surface area contributed by atoms with Gasteiger partial charge in [-0.25, -0.2) is 0 Å². The Morgan fingerprint density at radius 1 is 1.12 bits per heavy atom. The van der Waals surface area contributed by atoms with Gasteiger partial charge in [-0.2, -0.15) is 0 Å². The molecule has 2 nitrogen and oxygen atoms in total. The Hall–Kier alpha value is -1.23. The monoisotopic (exact) mass is 324 g/mol. The summed E-state index contributed by atoms with van der Waals surface area (Å²) in [5.74, 6) is 0. The van der Waals surface area contributed by atoms with E-state index in [0.29, 0.717) is 0 Å². The van der Waals surface area contributed by atoms with Crippen LogP contribution in [0, 0.1) is 10.5 Å². The summed E-state index contributed by atoms with van der Waals surface area (Å²) in [5.41, 5.74) is 9.92. The molecular weight excluding hydrogens is 311 g/mol. The minimum Gasteiger partial charge on any atom is -0.397 e. The summed E-state index contributed by atoms with van der Waals surface area (Å²) in [4.78, 5) is 0. The summed E-state index contributed by atoms with van der Waals surface area (Å²) in [7, 11) is 0. The molecule has 0 aliphatic carbocycles. The van der Waals surface area contributed by atoms with Gasteiger partial charge >= 0.3 is 0 Å². The summed E-state index contributed by atoms with van der Waals surface area (Å²) >= 11 is 2.29. The lowest BCUT2D eigenvalue weighted by atomic mass is 10.1. The van der Waals surface area contributed by atoms with Gasteiger partial charge in [0.25, 0.3) is 0 Å². The van der Waals surface area contributed by atoms with Crippen molar-refractivity contribution in [3.8, 4) is 0 Å². The fourth-order valence-corrected chi connectivity index (χ4v) is 2.11. The number of nitrogen functional groups attached to an aromatic ring is 1. The van der Waals surface area contributed by atoms with Gasteiger partial charge in [0.15, 0.2) is 0 Å². The Bertz CT molecular complexity index is 489. The number of hydrogen-bond acceptors (Lipinski definition) is 2. The molecule has 2 aromatic carbocycles. The first-order chi connectivity index (χ1) is 7.66. The summed E-state index contributed by atoms with van der Waals surface area (Å²) in [6.07, 6.45) is 0. The van der Waals surface area contributed by atoms with Gasteiger partial charge in [-0.3, -0.25) is 0 Å². The zero-order valence-electron chi connectivity index (χ0n) is 9.00. The minimum absolute atomic E-state index is 0.777. The van der Waals surface area contributed by atoms with Crippen LogP contribution in [0.3, 0.4) is 0 Å². The van der Waals surface area contributed by atoms with Gasteiger partial charge < -0.3 is 11.1 Å². The Labute approximate surface area is 109 Å². The smallest absolute Gasteiger partial charge is 0.0647 e. The van der Waals surface area contributed by atoms with Gasteiger partial charge in [0, 0.05) is 9.26 Å². The molecule has 0 saturated heterocycles. The maximum absolute atomic E-state index is 5.94. The zero-order valence-corrected chi connectivity index (χ0v) is 11.2. The quantitative estimate of drug-likeness (QED) is 0.649. The number of halogens is 1. The predicted octanol–water partition coefficient (Wildman–Crippen LogP) is 3.93. The molecule has 0 aliphatic rings. The van der Waals surface area contributed by atoms with Gasteiger partial charge in [0.2, 0.25) is 0 Å². The van der Waals surface area contributed by atoms with E-state index in [9.17, 15) is 0 Å². The summed E-state index contributed by atoms with van der Waals surface area (Å²) in [6, 6.07) is 14.1. The minimum atomic E-state index is 0.777. The number of anilines is 3. The first kappa shape index (κ1) is 11.3. The molecule has 0 radical (unpaired) electrons. The number of rotatable bonds is 2. The Morgan fingerprint density at radius 3 is 2.56 bits per heavy atom. The Balaban J connectivity index is 2.34. The molecule has 0 aliphatic heterocycles. The molecule has 0 aromatic heterocycles. The van der Waals surface area contributed by atoms with Gasteiger partial charge in [0.1, 0.15) is 0 Å². The van der Waals surface area contributed by atoms with Crippen LogP contribution in [0.5, 0.6) is 0 Å². The molecule has 2 aromatic rings. The van der Waals surface area contributed by atoms with E-state index in [1.165, 1.54) is 3.57 Å². The molecule has 2 rings (SSSR count). The Kier molecular flexibility index (Phi) is 3.33. The van der Waals surface area contributed by atoms with Crippen LogP contribution in [-0.4, -0.2) is 0 Å². The second-order valence-electron chi connectivity index (χ2n) is 3.67. The second-order valence-corrected chi connectivity index (χ2v) is 4.92. The van der Waals surface area contributed by atoms with Crippen LogP contribution in [0.4, 0.5) is 17.1 Å². The van der Waals surface area contributed by atoms with Crippen molar-refractivity contribution >= 4 is 39.7 Å². The van der Waals surface area contributed by atoms with E-state index in [0.717, 1.165) is 22.6 Å². The maximum atomic E-state index is 5.94. The van der Waals surface area contributed by atoms with Crippen LogP contribution in [0.15, 0.2) is 42.5 Å². The summed E-state index contributed by atoms with van der Waals surface area (Å²) in [5, 5.41) is 3.35. The normalized spacial score (nSPS) is 10.1. The van der Waals surface area contributed by atoms with Crippen LogP contribution in [0.25, 0.3) is 0 Å². The lowest BCUT2D eigenvalue weighted by molar-refractivity contribution is 1.43. The van der Waals surface area contributed by atoms with Crippen molar-refractivity contribution in [3.63, 3.8) is 0 Å². The largest absolute Gasteiger partial charge is 0.397 e. The van der Waals surface area contributed by atoms with E-state index >= 15 is 0 Å². The fourth-order valence-electron chi connectivity index (χ4n) is 1.57. The Morgan fingerprint density at radius 2 is 1.88 bits per heavy atom. The number of aryl methyl sites for hydroxylation is 1. The first-order valence-electron chi connectivity index (χ1n) is 5.04. The van der Waals surface area contributed by atoms with E-state index in [4.69, 9.17) is 5.73 Å². The molecule has 0 amide bonds. The van der Waals surface area contributed by atoms with Gasteiger partial charge in [0.05, 0.1) is 11.4 Å². The van der Waals surface area contributed by atoms with Crippen molar-refractivity contribution < 1.29 is 0 Å². The molecule has 0 bridgehead atoms. The van der Waals surface area contributed by atoms with E-state index in [1.54, 1.807) is 0 Å². The van der Waals surface area contributed by atoms with E-state index in [1.807, 2.05) is 37.3 Å². The number of hydrogen-bond donors (Lipinski definition) is 2. The lowest BCUT2D eigenvalue weighted by Gasteiger charge is -2.12. The molecule has 3 N–H and O–H groups in total. The van der Waals surface area contributed by atoms with Crippen LogP contribution >= 0.6 is 22.6 Å². The molecule has 0 heterocycles. The van der Waals surface area contributed by atoms with Crippen molar-refractivity contribution in [2.45, 2.75) is 6.92 Å². The summed E-state index contributed by atoms with van der Waals surface area (Å²) in [6.45, 7) is 2.05. The highest BCUT2D eigenvalue weighted by atomic mass is 127. The molecule has 0 atom stereocenters. The van der Waals surface area contributed by atoms with Gasteiger partial charge in [-0.15, -0.1) is 0 Å². The molecule has 82 valence electrons. The molecule has 0 fully saturated rings.